The first-order valence-corrected chi connectivity index (χ1v) is 9.05. The minimum absolute atomic E-state index is 0.177. The quantitative estimate of drug-likeness (QED) is 0.747. The van der Waals surface area contributed by atoms with E-state index in [2.05, 4.69) is 10.4 Å². The number of amides is 1. The van der Waals surface area contributed by atoms with Crippen LogP contribution < -0.4 is 14.8 Å². The van der Waals surface area contributed by atoms with Crippen molar-refractivity contribution in [2.24, 2.45) is 0 Å². The number of aromatic nitrogens is 2. The number of ether oxygens (including phenoxy) is 2. The van der Waals surface area contributed by atoms with Crippen molar-refractivity contribution in [3.8, 4) is 11.5 Å². The summed E-state index contributed by atoms with van der Waals surface area (Å²) in [6.45, 7) is 5.51. The molecule has 4 rings (SSSR count). The summed E-state index contributed by atoms with van der Waals surface area (Å²) in [5.74, 6) is 1.21. The Hall–Kier alpha value is -3.28. The lowest BCUT2D eigenvalue weighted by Gasteiger charge is -2.20. The molecule has 0 unspecified atom stereocenters. The number of anilines is 1. The lowest BCUT2D eigenvalue weighted by atomic mass is 10.1. The van der Waals surface area contributed by atoms with Crippen LogP contribution >= 0.6 is 0 Å². The summed E-state index contributed by atoms with van der Waals surface area (Å²) in [7, 11) is 0. The molecule has 1 aliphatic heterocycles. The molecule has 6 heteroatoms. The molecular weight excluding hydrogens is 342 g/mol. The highest BCUT2D eigenvalue weighted by Gasteiger charge is 2.20. The van der Waals surface area contributed by atoms with Gasteiger partial charge in [0.05, 0.1) is 23.9 Å². The van der Waals surface area contributed by atoms with Crippen LogP contribution in [0.5, 0.6) is 11.5 Å². The lowest BCUT2D eigenvalue weighted by molar-refractivity contribution is -0.113. The highest BCUT2D eigenvalue weighted by molar-refractivity contribution is 6.08. The van der Waals surface area contributed by atoms with Gasteiger partial charge in [0.1, 0.15) is 6.61 Å². The summed E-state index contributed by atoms with van der Waals surface area (Å²) in [5, 5.41) is 8.34. The molecule has 0 aliphatic carbocycles. The third-order valence-electron chi connectivity index (χ3n) is 4.50. The fourth-order valence-corrected chi connectivity index (χ4v) is 3.19. The zero-order valence-electron chi connectivity index (χ0n) is 15.4. The summed E-state index contributed by atoms with van der Waals surface area (Å²) >= 11 is 0. The summed E-state index contributed by atoms with van der Waals surface area (Å²) in [6, 6.07) is 11.5. The maximum atomic E-state index is 12.7. The number of hydrogen-bond donors (Lipinski definition) is 1. The van der Waals surface area contributed by atoms with Crippen molar-refractivity contribution in [1.82, 2.24) is 9.78 Å². The third-order valence-corrected chi connectivity index (χ3v) is 4.50. The molecule has 1 amide bonds. The standard InChI is InChI=1S/C21H21N3O3/c1-3-24-18-11-17(9-8-15(18)12-22-24)23-21(25)16-10-14-6-5-7-19(26-4-2)20(14)27-13-16/h5-12H,3-4,13H2,1-2H3,(H,23,25). The number of aryl methyl sites for hydroxylation is 1. The van der Waals surface area contributed by atoms with Crippen LogP contribution in [0.1, 0.15) is 19.4 Å². The van der Waals surface area contributed by atoms with Crippen LogP contribution in [0.3, 0.4) is 0 Å². The number of nitrogens with one attached hydrogen (secondary N) is 1. The highest BCUT2D eigenvalue weighted by atomic mass is 16.5. The molecule has 6 nitrogen and oxygen atoms in total. The number of benzene rings is 2. The van der Waals surface area contributed by atoms with E-state index in [0.29, 0.717) is 23.7 Å². The molecule has 0 saturated carbocycles. The predicted octanol–water partition coefficient (Wildman–Crippen LogP) is 3.87. The van der Waals surface area contributed by atoms with Crippen LogP contribution in [0.4, 0.5) is 5.69 Å². The second-order valence-electron chi connectivity index (χ2n) is 6.25. The minimum atomic E-state index is -0.177. The van der Waals surface area contributed by atoms with Crippen molar-refractivity contribution in [3.63, 3.8) is 0 Å². The second-order valence-corrected chi connectivity index (χ2v) is 6.25. The maximum absolute atomic E-state index is 12.7. The van der Waals surface area contributed by atoms with Gasteiger partial charge in [0.15, 0.2) is 11.5 Å². The average molecular weight is 363 g/mol. The van der Waals surface area contributed by atoms with E-state index >= 15 is 0 Å². The monoisotopic (exact) mass is 363 g/mol. The Morgan fingerprint density at radius 1 is 1.30 bits per heavy atom. The third kappa shape index (κ3) is 3.26. The molecule has 0 saturated heterocycles. The van der Waals surface area contributed by atoms with Gasteiger partial charge in [0, 0.05) is 23.2 Å². The largest absolute Gasteiger partial charge is 0.490 e. The molecule has 138 valence electrons. The molecule has 0 atom stereocenters. The smallest absolute Gasteiger partial charge is 0.255 e. The van der Waals surface area contributed by atoms with Crippen molar-refractivity contribution < 1.29 is 14.3 Å². The topological polar surface area (TPSA) is 65.4 Å². The van der Waals surface area contributed by atoms with Crippen LogP contribution in [-0.4, -0.2) is 28.9 Å². The molecule has 0 spiro atoms. The van der Waals surface area contributed by atoms with Crippen LogP contribution in [0, 0.1) is 0 Å². The van der Waals surface area contributed by atoms with E-state index in [0.717, 1.165) is 28.7 Å². The molecule has 0 radical (unpaired) electrons. The first-order valence-electron chi connectivity index (χ1n) is 9.05. The highest BCUT2D eigenvalue weighted by Crippen LogP contribution is 2.36. The fourth-order valence-electron chi connectivity index (χ4n) is 3.19. The van der Waals surface area contributed by atoms with Crippen molar-refractivity contribution in [2.75, 3.05) is 18.5 Å². The molecule has 0 bridgehead atoms. The second kappa shape index (κ2) is 7.15. The van der Waals surface area contributed by atoms with Gasteiger partial charge in [-0.15, -0.1) is 0 Å². The Bertz CT molecular complexity index is 1040. The van der Waals surface area contributed by atoms with E-state index in [1.165, 1.54) is 0 Å². The van der Waals surface area contributed by atoms with E-state index in [4.69, 9.17) is 9.47 Å². The van der Waals surface area contributed by atoms with Crippen molar-refractivity contribution in [2.45, 2.75) is 20.4 Å². The van der Waals surface area contributed by atoms with E-state index in [9.17, 15) is 4.79 Å². The number of rotatable bonds is 5. The SMILES string of the molecule is CCOc1cccc2c1OCC(C(=O)Nc1ccc3cnn(CC)c3c1)=C2. The fraction of sp³-hybridized carbons (Fsp3) is 0.238. The molecule has 2 aromatic carbocycles. The summed E-state index contributed by atoms with van der Waals surface area (Å²) in [6.07, 6.45) is 3.68. The molecule has 27 heavy (non-hydrogen) atoms. The Morgan fingerprint density at radius 3 is 3.00 bits per heavy atom. The summed E-state index contributed by atoms with van der Waals surface area (Å²) in [4.78, 5) is 12.7. The molecule has 0 fully saturated rings. The van der Waals surface area contributed by atoms with Crippen molar-refractivity contribution in [1.29, 1.82) is 0 Å². The zero-order valence-corrected chi connectivity index (χ0v) is 15.4. The van der Waals surface area contributed by atoms with E-state index in [1.807, 2.05) is 67.2 Å². The van der Waals surface area contributed by atoms with Gasteiger partial charge in [-0.1, -0.05) is 12.1 Å². The van der Waals surface area contributed by atoms with Gasteiger partial charge in [-0.2, -0.15) is 5.10 Å². The van der Waals surface area contributed by atoms with E-state index in [-0.39, 0.29) is 12.5 Å². The average Bonchev–Trinajstić information content (AvgIpc) is 3.10. The van der Waals surface area contributed by atoms with Gasteiger partial charge in [0.2, 0.25) is 0 Å². The molecule has 1 aliphatic rings. The zero-order chi connectivity index (χ0) is 18.8. The minimum Gasteiger partial charge on any atom is -0.490 e. The molecule has 3 aromatic rings. The lowest BCUT2D eigenvalue weighted by Crippen LogP contribution is -2.21. The first kappa shape index (κ1) is 17.1. The molecule has 2 heterocycles. The Kier molecular flexibility index (Phi) is 4.54. The number of fused-ring (bicyclic) bond motifs is 2. The van der Waals surface area contributed by atoms with Gasteiger partial charge < -0.3 is 14.8 Å². The van der Waals surface area contributed by atoms with E-state index < -0.39 is 0 Å². The van der Waals surface area contributed by atoms with Crippen LogP contribution in [0.25, 0.3) is 17.0 Å². The normalized spacial score (nSPS) is 12.9. The van der Waals surface area contributed by atoms with Crippen LogP contribution in [0.15, 0.2) is 48.2 Å². The number of para-hydroxylation sites is 1. The van der Waals surface area contributed by atoms with Gasteiger partial charge in [0.25, 0.3) is 5.91 Å². The Morgan fingerprint density at radius 2 is 2.19 bits per heavy atom. The van der Waals surface area contributed by atoms with Gasteiger partial charge in [-0.05, 0) is 44.2 Å². The number of carbonyl (C=O) groups excluding carboxylic acids is 1. The van der Waals surface area contributed by atoms with Gasteiger partial charge in [-0.3, -0.25) is 9.48 Å². The van der Waals surface area contributed by atoms with Gasteiger partial charge >= 0.3 is 0 Å². The van der Waals surface area contributed by atoms with Crippen LogP contribution in [-0.2, 0) is 11.3 Å². The summed E-state index contributed by atoms with van der Waals surface area (Å²) in [5.41, 5.74) is 3.14. The van der Waals surface area contributed by atoms with Crippen molar-refractivity contribution >= 4 is 28.6 Å². The Balaban J connectivity index is 1.58. The molecular formula is C21H21N3O3. The maximum Gasteiger partial charge on any atom is 0.255 e. The number of hydrogen-bond acceptors (Lipinski definition) is 4. The first-order chi connectivity index (χ1) is 13.2. The number of nitrogens with zero attached hydrogens (tertiary/aromatic N) is 2. The van der Waals surface area contributed by atoms with Crippen LogP contribution in [0.2, 0.25) is 0 Å². The Labute approximate surface area is 157 Å². The number of carbonyl (C=O) groups is 1. The van der Waals surface area contributed by atoms with Gasteiger partial charge in [-0.25, -0.2) is 0 Å². The molecule has 1 aromatic heterocycles. The summed E-state index contributed by atoms with van der Waals surface area (Å²) < 4.78 is 13.3. The predicted molar refractivity (Wildman–Crippen MR) is 105 cm³/mol. The van der Waals surface area contributed by atoms with E-state index in [1.54, 1.807) is 0 Å². The van der Waals surface area contributed by atoms with Crippen molar-refractivity contribution in [3.05, 3.63) is 53.7 Å². The molecule has 1 N–H and O–H groups in total.